The molecule has 0 aliphatic carbocycles. The van der Waals surface area contributed by atoms with Crippen LogP contribution in [0.4, 0.5) is 17.1 Å². The van der Waals surface area contributed by atoms with Crippen LogP contribution in [-0.4, -0.2) is 9.97 Å². The first-order valence-corrected chi connectivity index (χ1v) is 19.4. The third-order valence-corrected chi connectivity index (χ3v) is 11.3. The predicted octanol–water partition coefficient (Wildman–Crippen LogP) is 14.7. The number of anilines is 3. The molecule has 9 aromatic carbocycles. The van der Waals surface area contributed by atoms with E-state index in [2.05, 4.69) is 199 Å². The minimum atomic E-state index is 0.915. The Hall–Kier alpha value is -7.62. The molecule has 3 heteroatoms. The third kappa shape index (κ3) is 5.60. The van der Waals surface area contributed by atoms with Crippen LogP contribution < -0.4 is 4.90 Å². The van der Waals surface area contributed by atoms with Crippen LogP contribution in [0.3, 0.4) is 0 Å². The van der Waals surface area contributed by atoms with Gasteiger partial charge in [0.25, 0.3) is 0 Å². The van der Waals surface area contributed by atoms with E-state index in [9.17, 15) is 0 Å². The van der Waals surface area contributed by atoms with Crippen molar-refractivity contribution in [2.45, 2.75) is 0 Å². The van der Waals surface area contributed by atoms with Crippen molar-refractivity contribution >= 4 is 71.2 Å². The molecule has 11 aromatic rings. The number of rotatable bonds is 6. The first kappa shape index (κ1) is 32.8. The monoisotopic (exact) mass is 725 g/mol. The zero-order valence-corrected chi connectivity index (χ0v) is 31.0. The van der Waals surface area contributed by atoms with Crippen molar-refractivity contribution in [3.63, 3.8) is 0 Å². The van der Waals surface area contributed by atoms with Crippen molar-refractivity contribution in [1.29, 1.82) is 0 Å². The highest BCUT2D eigenvalue weighted by Crippen LogP contribution is 2.46. The minimum absolute atomic E-state index is 0.915. The molecule has 0 saturated heterocycles. The molecule has 0 atom stereocenters. The average Bonchev–Trinajstić information content (AvgIpc) is 3.29. The maximum absolute atomic E-state index is 4.90. The van der Waals surface area contributed by atoms with Crippen LogP contribution in [0.2, 0.25) is 0 Å². The van der Waals surface area contributed by atoms with Gasteiger partial charge in [0.05, 0.1) is 11.0 Å². The minimum Gasteiger partial charge on any atom is -0.311 e. The topological polar surface area (TPSA) is 29.0 Å². The summed E-state index contributed by atoms with van der Waals surface area (Å²) in [6, 6.07) is 72.1. The highest BCUT2D eigenvalue weighted by molar-refractivity contribution is 6.29. The number of hydrogen-bond acceptors (Lipinski definition) is 3. The molecular weight excluding hydrogens is 691 g/mol. The standard InChI is InChI=1S/C54H35N3/c1-3-18-42(19-4-1)57(43-20-5-2-6-21-43)44-27-24-36(25-28-44)38-15-11-16-39(33-38)49-34-40-13-7-9-22-45(40)51-46-23-10-8-14-41(46)35-50(52(49)51)47-30-32-56-54-48(47)29-26-37-17-12-31-55-53(37)54/h1-35H. The van der Waals surface area contributed by atoms with Gasteiger partial charge < -0.3 is 4.90 Å². The fraction of sp³-hybridized carbons (Fsp3) is 0. The molecule has 0 amide bonds. The molecular formula is C54H35N3. The van der Waals surface area contributed by atoms with E-state index < -0.39 is 0 Å². The van der Waals surface area contributed by atoms with Gasteiger partial charge in [-0.2, -0.15) is 0 Å². The van der Waals surface area contributed by atoms with Gasteiger partial charge in [0, 0.05) is 40.2 Å². The molecule has 11 rings (SSSR count). The van der Waals surface area contributed by atoms with Crippen LogP contribution in [0, 0.1) is 0 Å². The Morgan fingerprint density at radius 1 is 0.298 bits per heavy atom. The second-order valence-electron chi connectivity index (χ2n) is 14.6. The Balaban J connectivity index is 1.12. The number of nitrogens with zero attached hydrogens (tertiary/aromatic N) is 3. The Labute approximate surface area is 330 Å². The normalized spacial score (nSPS) is 11.5. The lowest BCUT2D eigenvalue weighted by atomic mass is 9.84. The number of pyridine rings is 2. The molecule has 3 nitrogen and oxygen atoms in total. The van der Waals surface area contributed by atoms with E-state index in [1.54, 1.807) is 0 Å². The molecule has 0 N–H and O–H groups in total. The van der Waals surface area contributed by atoms with Crippen molar-refractivity contribution in [2.75, 3.05) is 4.90 Å². The SMILES string of the molecule is c1ccc(N(c2ccccc2)c2ccc(-c3cccc(-c4cc5ccccc5c5c4c(-c4ccnc6c4ccc4cccnc46)cc4ccccc45)c3)cc2)cc1. The zero-order chi connectivity index (χ0) is 37.7. The summed E-state index contributed by atoms with van der Waals surface area (Å²) >= 11 is 0. The maximum atomic E-state index is 4.90. The summed E-state index contributed by atoms with van der Waals surface area (Å²) in [6.45, 7) is 0. The number of para-hydroxylation sites is 2. The molecule has 2 aromatic heterocycles. The van der Waals surface area contributed by atoms with E-state index in [0.29, 0.717) is 0 Å². The molecule has 0 radical (unpaired) electrons. The van der Waals surface area contributed by atoms with Gasteiger partial charge in [-0.25, -0.2) is 0 Å². The third-order valence-electron chi connectivity index (χ3n) is 11.3. The highest BCUT2D eigenvalue weighted by Gasteiger charge is 2.20. The van der Waals surface area contributed by atoms with E-state index >= 15 is 0 Å². The summed E-state index contributed by atoms with van der Waals surface area (Å²) in [5.41, 5.74) is 12.2. The summed E-state index contributed by atoms with van der Waals surface area (Å²) in [7, 11) is 0. The Morgan fingerprint density at radius 3 is 1.61 bits per heavy atom. The zero-order valence-electron chi connectivity index (χ0n) is 31.0. The summed E-state index contributed by atoms with van der Waals surface area (Å²) < 4.78 is 0. The van der Waals surface area contributed by atoms with Gasteiger partial charge in [0.15, 0.2) is 0 Å². The molecule has 0 saturated carbocycles. The van der Waals surface area contributed by atoms with Gasteiger partial charge in [0.1, 0.15) is 0 Å². The fourth-order valence-corrected chi connectivity index (χ4v) is 8.68. The lowest BCUT2D eigenvalue weighted by molar-refractivity contribution is 1.28. The van der Waals surface area contributed by atoms with Crippen molar-refractivity contribution < 1.29 is 0 Å². The van der Waals surface area contributed by atoms with Crippen molar-refractivity contribution in [2.24, 2.45) is 0 Å². The maximum Gasteiger partial charge on any atom is 0.0970 e. The van der Waals surface area contributed by atoms with Gasteiger partial charge in [-0.05, 0) is 132 Å². The fourth-order valence-electron chi connectivity index (χ4n) is 8.68. The summed E-state index contributed by atoms with van der Waals surface area (Å²) in [4.78, 5) is 12.0. The van der Waals surface area contributed by atoms with Crippen molar-refractivity contribution in [3.05, 3.63) is 213 Å². The Morgan fingerprint density at radius 2 is 0.895 bits per heavy atom. The molecule has 0 bridgehead atoms. The quantitative estimate of drug-likeness (QED) is 0.160. The van der Waals surface area contributed by atoms with Crippen LogP contribution in [0.15, 0.2) is 213 Å². The van der Waals surface area contributed by atoms with Gasteiger partial charge in [-0.3, -0.25) is 9.97 Å². The Bertz CT molecular complexity index is 3230. The lowest BCUT2D eigenvalue weighted by Crippen LogP contribution is -2.09. The molecule has 0 aliphatic heterocycles. The smallest absolute Gasteiger partial charge is 0.0970 e. The summed E-state index contributed by atoms with van der Waals surface area (Å²) in [5.74, 6) is 0. The van der Waals surface area contributed by atoms with E-state index in [4.69, 9.17) is 9.97 Å². The van der Waals surface area contributed by atoms with Crippen LogP contribution in [0.25, 0.3) is 87.5 Å². The molecule has 57 heavy (non-hydrogen) atoms. The molecule has 0 unspecified atom stereocenters. The van der Waals surface area contributed by atoms with Crippen LogP contribution in [0.1, 0.15) is 0 Å². The van der Waals surface area contributed by atoms with Crippen molar-refractivity contribution in [3.8, 4) is 33.4 Å². The summed E-state index contributed by atoms with van der Waals surface area (Å²) in [6.07, 6.45) is 3.80. The molecule has 0 fully saturated rings. The Kier molecular flexibility index (Phi) is 7.82. The summed E-state index contributed by atoms with van der Waals surface area (Å²) in [5, 5.41) is 9.58. The van der Waals surface area contributed by atoms with Crippen LogP contribution >= 0.6 is 0 Å². The number of benzene rings is 9. The highest BCUT2D eigenvalue weighted by atomic mass is 15.1. The van der Waals surface area contributed by atoms with Gasteiger partial charge >= 0.3 is 0 Å². The van der Waals surface area contributed by atoms with E-state index in [1.165, 1.54) is 54.6 Å². The van der Waals surface area contributed by atoms with Gasteiger partial charge in [0.2, 0.25) is 0 Å². The van der Waals surface area contributed by atoms with Gasteiger partial charge in [-0.15, -0.1) is 0 Å². The lowest BCUT2D eigenvalue weighted by Gasteiger charge is -2.25. The molecule has 0 aliphatic rings. The molecule has 0 spiro atoms. The van der Waals surface area contributed by atoms with Crippen LogP contribution in [-0.2, 0) is 0 Å². The molecule has 2 heterocycles. The van der Waals surface area contributed by atoms with E-state index in [1.807, 2.05) is 18.5 Å². The van der Waals surface area contributed by atoms with Crippen LogP contribution in [0.5, 0.6) is 0 Å². The number of hydrogen-bond donors (Lipinski definition) is 0. The first-order chi connectivity index (χ1) is 28.3. The second kappa shape index (κ2) is 13.6. The average molecular weight is 726 g/mol. The predicted molar refractivity (Wildman–Crippen MR) is 241 cm³/mol. The number of aromatic nitrogens is 2. The molecule has 266 valence electrons. The van der Waals surface area contributed by atoms with Crippen molar-refractivity contribution in [1.82, 2.24) is 9.97 Å². The van der Waals surface area contributed by atoms with E-state index in [0.717, 1.165) is 50.0 Å². The number of fused-ring (bicyclic) bond motifs is 8. The van der Waals surface area contributed by atoms with E-state index in [-0.39, 0.29) is 0 Å². The second-order valence-corrected chi connectivity index (χ2v) is 14.6. The first-order valence-electron chi connectivity index (χ1n) is 19.4. The van der Waals surface area contributed by atoms with Gasteiger partial charge in [-0.1, -0.05) is 133 Å². The largest absolute Gasteiger partial charge is 0.311 e.